The van der Waals surface area contributed by atoms with Crippen LogP contribution in [0.1, 0.15) is 37.0 Å². The van der Waals surface area contributed by atoms with Crippen LogP contribution in [0.2, 0.25) is 0 Å². The highest BCUT2D eigenvalue weighted by Gasteiger charge is 2.32. The van der Waals surface area contributed by atoms with E-state index in [9.17, 15) is 18.0 Å². The molecule has 0 spiro atoms. The van der Waals surface area contributed by atoms with Crippen LogP contribution in [0.3, 0.4) is 0 Å². The summed E-state index contributed by atoms with van der Waals surface area (Å²) in [4.78, 5) is 29.0. The van der Waals surface area contributed by atoms with Crippen LogP contribution in [-0.4, -0.2) is 50.5 Å². The highest BCUT2D eigenvalue weighted by atomic mass is 79.9. The fraction of sp³-hybridized carbons (Fsp3) is 0.333. The van der Waals surface area contributed by atoms with E-state index >= 15 is 0 Å². The molecule has 0 saturated heterocycles. The Labute approximate surface area is 240 Å². The number of anilines is 1. The van der Waals surface area contributed by atoms with E-state index < -0.39 is 28.5 Å². The fourth-order valence-electron chi connectivity index (χ4n) is 4.22. The monoisotopic (exact) mass is 613 g/mol. The molecule has 3 rings (SSSR count). The van der Waals surface area contributed by atoms with E-state index in [1.807, 2.05) is 80.6 Å². The van der Waals surface area contributed by atoms with Crippen LogP contribution >= 0.6 is 15.9 Å². The zero-order valence-corrected chi connectivity index (χ0v) is 25.0. The lowest BCUT2D eigenvalue weighted by molar-refractivity contribution is -0.140. The van der Waals surface area contributed by atoms with E-state index in [1.165, 1.54) is 4.90 Å². The number of carbonyl (C=O) groups is 2. The first kappa shape index (κ1) is 30.4. The highest BCUT2D eigenvalue weighted by Crippen LogP contribution is 2.22. The van der Waals surface area contributed by atoms with Crippen LogP contribution < -0.4 is 9.62 Å². The van der Waals surface area contributed by atoms with Crippen LogP contribution in [0.4, 0.5) is 5.69 Å². The standard InChI is InChI=1S/C30H36BrN3O4S/c1-4-19-32-30(36)28(20-24-9-7-6-8-10-24)33(21-25-11-15-26(31)16-12-25)29(35)22-34(39(3,37)38)27-17-13-23(5-2)14-18-27/h6-18,28H,4-5,19-22H2,1-3H3,(H,32,36). The van der Waals surface area contributed by atoms with Gasteiger partial charge in [-0.05, 0) is 53.8 Å². The summed E-state index contributed by atoms with van der Waals surface area (Å²) in [6.45, 7) is 4.18. The Kier molecular flexibility index (Phi) is 11.1. The number of amides is 2. The van der Waals surface area contributed by atoms with E-state index in [0.717, 1.165) is 44.6 Å². The number of rotatable bonds is 13. The van der Waals surface area contributed by atoms with E-state index in [0.29, 0.717) is 18.7 Å². The average Bonchev–Trinajstić information content (AvgIpc) is 2.93. The van der Waals surface area contributed by atoms with Crippen LogP contribution in [0.15, 0.2) is 83.3 Å². The van der Waals surface area contributed by atoms with E-state index in [4.69, 9.17) is 0 Å². The normalized spacial score (nSPS) is 12.0. The summed E-state index contributed by atoms with van der Waals surface area (Å²) in [5.74, 6) is -0.736. The van der Waals surface area contributed by atoms with Gasteiger partial charge in [0.25, 0.3) is 0 Å². The van der Waals surface area contributed by atoms with Crippen molar-refractivity contribution >= 4 is 43.5 Å². The van der Waals surface area contributed by atoms with Gasteiger partial charge in [0, 0.05) is 24.0 Å². The van der Waals surface area contributed by atoms with Gasteiger partial charge in [-0.2, -0.15) is 0 Å². The number of carbonyl (C=O) groups excluding carboxylic acids is 2. The van der Waals surface area contributed by atoms with Crippen molar-refractivity contribution in [2.24, 2.45) is 0 Å². The number of halogens is 1. The molecule has 0 radical (unpaired) electrons. The van der Waals surface area contributed by atoms with Gasteiger partial charge in [0.15, 0.2) is 0 Å². The fourth-order valence-corrected chi connectivity index (χ4v) is 5.33. The van der Waals surface area contributed by atoms with Gasteiger partial charge in [-0.25, -0.2) is 8.42 Å². The smallest absolute Gasteiger partial charge is 0.244 e. The molecular formula is C30H36BrN3O4S. The summed E-state index contributed by atoms with van der Waals surface area (Å²) < 4.78 is 27.7. The molecule has 1 unspecified atom stereocenters. The molecule has 0 bridgehead atoms. The molecule has 1 N–H and O–H groups in total. The molecule has 0 aromatic heterocycles. The third kappa shape index (κ3) is 8.93. The van der Waals surface area contributed by atoms with E-state index in [1.54, 1.807) is 12.1 Å². The second kappa shape index (κ2) is 14.3. The number of benzene rings is 3. The average molecular weight is 615 g/mol. The van der Waals surface area contributed by atoms with Crippen molar-refractivity contribution < 1.29 is 18.0 Å². The molecule has 208 valence electrons. The largest absolute Gasteiger partial charge is 0.354 e. The predicted octanol–water partition coefficient (Wildman–Crippen LogP) is 4.94. The zero-order valence-electron chi connectivity index (χ0n) is 22.6. The van der Waals surface area contributed by atoms with Gasteiger partial charge in [0.1, 0.15) is 12.6 Å². The number of nitrogens with zero attached hydrogens (tertiary/aromatic N) is 2. The van der Waals surface area contributed by atoms with Gasteiger partial charge in [-0.15, -0.1) is 0 Å². The first-order valence-electron chi connectivity index (χ1n) is 13.0. The molecule has 1 atom stereocenters. The predicted molar refractivity (Wildman–Crippen MR) is 160 cm³/mol. The topological polar surface area (TPSA) is 86.8 Å². The summed E-state index contributed by atoms with van der Waals surface area (Å²) >= 11 is 3.44. The van der Waals surface area contributed by atoms with Crippen LogP contribution in [-0.2, 0) is 39.0 Å². The minimum Gasteiger partial charge on any atom is -0.354 e. The molecule has 0 heterocycles. The summed E-state index contributed by atoms with van der Waals surface area (Å²) in [5.41, 5.74) is 3.19. The molecule has 39 heavy (non-hydrogen) atoms. The third-order valence-corrected chi connectivity index (χ3v) is 8.07. The Morgan fingerprint density at radius 1 is 0.872 bits per heavy atom. The number of hydrogen-bond donors (Lipinski definition) is 1. The quantitative estimate of drug-likeness (QED) is 0.296. The first-order valence-corrected chi connectivity index (χ1v) is 15.7. The van der Waals surface area contributed by atoms with Gasteiger partial charge in [-0.3, -0.25) is 13.9 Å². The first-order chi connectivity index (χ1) is 18.6. The lowest BCUT2D eigenvalue weighted by Crippen LogP contribution is -2.53. The highest BCUT2D eigenvalue weighted by molar-refractivity contribution is 9.10. The summed E-state index contributed by atoms with van der Waals surface area (Å²) in [6.07, 6.45) is 2.94. The van der Waals surface area contributed by atoms with Crippen molar-refractivity contribution in [2.75, 3.05) is 23.7 Å². The molecule has 9 heteroatoms. The lowest BCUT2D eigenvalue weighted by Gasteiger charge is -2.33. The maximum atomic E-state index is 14.0. The minimum absolute atomic E-state index is 0.148. The molecule has 2 amide bonds. The van der Waals surface area contributed by atoms with Gasteiger partial charge in [0.05, 0.1) is 11.9 Å². The van der Waals surface area contributed by atoms with Crippen molar-refractivity contribution in [2.45, 2.75) is 45.7 Å². The molecule has 0 aliphatic heterocycles. The molecular weight excluding hydrogens is 578 g/mol. The van der Waals surface area contributed by atoms with Gasteiger partial charge < -0.3 is 10.2 Å². The number of nitrogens with one attached hydrogen (secondary N) is 1. The molecule has 3 aromatic carbocycles. The lowest BCUT2D eigenvalue weighted by atomic mass is 10.0. The van der Waals surface area contributed by atoms with Crippen molar-refractivity contribution in [3.05, 3.63) is 100 Å². The van der Waals surface area contributed by atoms with Crippen LogP contribution in [0, 0.1) is 0 Å². The van der Waals surface area contributed by atoms with Crippen molar-refractivity contribution in [3.8, 4) is 0 Å². The maximum absolute atomic E-state index is 14.0. The second-order valence-electron chi connectivity index (χ2n) is 9.43. The molecule has 0 aliphatic rings. The Hall–Kier alpha value is -3.17. The van der Waals surface area contributed by atoms with Crippen molar-refractivity contribution in [1.82, 2.24) is 10.2 Å². The number of sulfonamides is 1. The summed E-state index contributed by atoms with van der Waals surface area (Å²) in [5, 5.41) is 2.94. The van der Waals surface area contributed by atoms with E-state index in [-0.39, 0.29) is 12.5 Å². The molecule has 0 fully saturated rings. The molecule has 0 saturated carbocycles. The van der Waals surface area contributed by atoms with Gasteiger partial charge >= 0.3 is 0 Å². The van der Waals surface area contributed by atoms with Gasteiger partial charge in [0.2, 0.25) is 21.8 Å². The molecule has 7 nitrogen and oxygen atoms in total. The van der Waals surface area contributed by atoms with E-state index in [2.05, 4.69) is 21.2 Å². The number of hydrogen-bond acceptors (Lipinski definition) is 4. The minimum atomic E-state index is -3.78. The third-order valence-electron chi connectivity index (χ3n) is 6.40. The Balaban J connectivity index is 2.02. The summed E-state index contributed by atoms with van der Waals surface area (Å²) in [6, 6.07) is 23.3. The Morgan fingerprint density at radius 2 is 1.49 bits per heavy atom. The second-order valence-corrected chi connectivity index (χ2v) is 12.3. The van der Waals surface area contributed by atoms with Crippen LogP contribution in [0.25, 0.3) is 0 Å². The maximum Gasteiger partial charge on any atom is 0.244 e. The number of aryl methyl sites for hydroxylation is 1. The van der Waals surface area contributed by atoms with Crippen molar-refractivity contribution in [3.63, 3.8) is 0 Å². The SMILES string of the molecule is CCCNC(=O)C(Cc1ccccc1)N(Cc1ccc(Br)cc1)C(=O)CN(c1ccc(CC)cc1)S(C)(=O)=O. The van der Waals surface area contributed by atoms with Crippen LogP contribution in [0.5, 0.6) is 0 Å². The van der Waals surface area contributed by atoms with Crippen molar-refractivity contribution in [1.29, 1.82) is 0 Å². The molecule has 0 aliphatic carbocycles. The Morgan fingerprint density at radius 3 is 2.05 bits per heavy atom. The zero-order chi connectivity index (χ0) is 28.4. The summed E-state index contributed by atoms with van der Waals surface area (Å²) in [7, 11) is -3.78. The Bertz CT molecular complexity index is 1330. The van der Waals surface area contributed by atoms with Gasteiger partial charge in [-0.1, -0.05) is 84.4 Å². The molecule has 3 aromatic rings.